The van der Waals surface area contributed by atoms with Crippen molar-refractivity contribution in [3.05, 3.63) is 22.6 Å². The van der Waals surface area contributed by atoms with Gasteiger partial charge in [0.25, 0.3) is 0 Å². The standard InChI is InChI=1S/C9H12BrNO2/c10-9-2-1-8(13-9)6-11-4-3-7(12)5-11/h1-2,7,12H,3-6H2. The van der Waals surface area contributed by atoms with Crippen LogP contribution in [-0.2, 0) is 6.54 Å². The van der Waals surface area contributed by atoms with Crippen LogP contribution in [0.15, 0.2) is 21.2 Å². The van der Waals surface area contributed by atoms with Crippen molar-refractivity contribution in [3.63, 3.8) is 0 Å². The zero-order valence-corrected chi connectivity index (χ0v) is 8.83. The second-order valence-electron chi connectivity index (χ2n) is 3.38. The van der Waals surface area contributed by atoms with Crippen LogP contribution in [0, 0.1) is 0 Å². The lowest BCUT2D eigenvalue weighted by molar-refractivity contribution is 0.172. The summed E-state index contributed by atoms with van der Waals surface area (Å²) in [7, 11) is 0. The van der Waals surface area contributed by atoms with Crippen LogP contribution in [-0.4, -0.2) is 29.2 Å². The third-order valence-electron chi connectivity index (χ3n) is 2.26. The van der Waals surface area contributed by atoms with E-state index in [0.29, 0.717) is 0 Å². The molecule has 1 fully saturated rings. The molecule has 0 aromatic carbocycles. The summed E-state index contributed by atoms with van der Waals surface area (Å²) in [6.45, 7) is 2.51. The van der Waals surface area contributed by atoms with E-state index in [9.17, 15) is 5.11 Å². The first kappa shape index (κ1) is 9.24. The van der Waals surface area contributed by atoms with Crippen molar-refractivity contribution < 1.29 is 9.52 Å². The Morgan fingerprint density at radius 2 is 2.46 bits per heavy atom. The second-order valence-corrected chi connectivity index (χ2v) is 4.17. The van der Waals surface area contributed by atoms with Gasteiger partial charge in [-0.1, -0.05) is 0 Å². The SMILES string of the molecule is OC1CCN(Cc2ccc(Br)o2)C1. The van der Waals surface area contributed by atoms with E-state index in [1.807, 2.05) is 12.1 Å². The molecule has 1 saturated heterocycles. The van der Waals surface area contributed by atoms with E-state index in [1.54, 1.807) is 0 Å². The van der Waals surface area contributed by atoms with Crippen molar-refractivity contribution in [1.82, 2.24) is 4.90 Å². The second kappa shape index (κ2) is 3.82. The Bertz CT molecular complexity index is 287. The number of nitrogens with zero attached hydrogens (tertiary/aromatic N) is 1. The molecule has 1 atom stereocenters. The third-order valence-corrected chi connectivity index (χ3v) is 2.68. The summed E-state index contributed by atoms with van der Waals surface area (Å²) < 4.78 is 6.14. The number of halogens is 1. The molecule has 0 saturated carbocycles. The van der Waals surface area contributed by atoms with Crippen molar-refractivity contribution in [2.24, 2.45) is 0 Å². The molecule has 2 heterocycles. The molecule has 2 rings (SSSR count). The van der Waals surface area contributed by atoms with Gasteiger partial charge in [-0.15, -0.1) is 0 Å². The number of aliphatic hydroxyl groups excluding tert-OH is 1. The van der Waals surface area contributed by atoms with Crippen LogP contribution in [0.2, 0.25) is 0 Å². The summed E-state index contributed by atoms with van der Waals surface area (Å²) in [5.74, 6) is 0.945. The summed E-state index contributed by atoms with van der Waals surface area (Å²) in [5, 5.41) is 9.30. The maximum atomic E-state index is 9.30. The van der Waals surface area contributed by atoms with Gasteiger partial charge in [-0.25, -0.2) is 0 Å². The average molecular weight is 246 g/mol. The zero-order chi connectivity index (χ0) is 9.26. The number of hydrogen-bond donors (Lipinski definition) is 1. The fourth-order valence-electron chi connectivity index (χ4n) is 1.61. The maximum Gasteiger partial charge on any atom is 0.169 e. The first-order chi connectivity index (χ1) is 6.24. The largest absolute Gasteiger partial charge is 0.453 e. The Kier molecular flexibility index (Phi) is 2.71. The van der Waals surface area contributed by atoms with Crippen LogP contribution < -0.4 is 0 Å². The van der Waals surface area contributed by atoms with Gasteiger partial charge in [0.05, 0.1) is 12.6 Å². The topological polar surface area (TPSA) is 36.6 Å². The Hall–Kier alpha value is -0.320. The molecule has 1 unspecified atom stereocenters. The molecule has 0 bridgehead atoms. The van der Waals surface area contributed by atoms with Gasteiger partial charge in [0.2, 0.25) is 0 Å². The quantitative estimate of drug-likeness (QED) is 0.861. The van der Waals surface area contributed by atoms with Crippen molar-refractivity contribution in [2.75, 3.05) is 13.1 Å². The predicted molar refractivity (Wildman–Crippen MR) is 52.3 cm³/mol. The molecule has 0 radical (unpaired) electrons. The van der Waals surface area contributed by atoms with Crippen LogP contribution in [0.25, 0.3) is 0 Å². The molecule has 1 aliphatic heterocycles. The molecule has 0 amide bonds. The van der Waals surface area contributed by atoms with E-state index in [1.165, 1.54) is 0 Å². The molecule has 1 aromatic heterocycles. The molecule has 72 valence electrons. The number of rotatable bonds is 2. The van der Waals surface area contributed by atoms with E-state index >= 15 is 0 Å². The minimum atomic E-state index is -0.154. The molecule has 3 nitrogen and oxygen atoms in total. The van der Waals surface area contributed by atoms with Gasteiger partial charge >= 0.3 is 0 Å². The number of β-amino-alcohol motifs (C(OH)–C–C–N with tert-alkyl or cyclic N) is 1. The fraction of sp³-hybridized carbons (Fsp3) is 0.556. The van der Waals surface area contributed by atoms with E-state index in [0.717, 1.165) is 36.5 Å². The van der Waals surface area contributed by atoms with Crippen LogP contribution in [0.5, 0.6) is 0 Å². The lowest BCUT2D eigenvalue weighted by Gasteiger charge is -2.11. The molecule has 0 spiro atoms. The fourth-order valence-corrected chi connectivity index (χ4v) is 1.95. The lowest BCUT2D eigenvalue weighted by Crippen LogP contribution is -2.21. The van der Waals surface area contributed by atoms with Gasteiger partial charge < -0.3 is 9.52 Å². The molecule has 0 aliphatic carbocycles. The van der Waals surface area contributed by atoms with E-state index in [4.69, 9.17) is 4.42 Å². The highest BCUT2D eigenvalue weighted by molar-refractivity contribution is 9.10. The summed E-state index contributed by atoms with van der Waals surface area (Å²) in [4.78, 5) is 2.19. The first-order valence-electron chi connectivity index (χ1n) is 4.38. The Labute approximate surface area is 85.5 Å². The van der Waals surface area contributed by atoms with Gasteiger partial charge in [0.15, 0.2) is 4.67 Å². The molecule has 1 aliphatic rings. The molecule has 1 N–H and O–H groups in total. The van der Waals surface area contributed by atoms with E-state index in [2.05, 4.69) is 20.8 Å². The van der Waals surface area contributed by atoms with Crippen LogP contribution in [0.1, 0.15) is 12.2 Å². The van der Waals surface area contributed by atoms with Crippen molar-refractivity contribution in [2.45, 2.75) is 19.1 Å². The molecule has 13 heavy (non-hydrogen) atoms. The van der Waals surface area contributed by atoms with Crippen molar-refractivity contribution >= 4 is 15.9 Å². The Balaban J connectivity index is 1.91. The highest BCUT2D eigenvalue weighted by Crippen LogP contribution is 2.18. The van der Waals surface area contributed by atoms with Crippen molar-refractivity contribution in [3.8, 4) is 0 Å². The molecular weight excluding hydrogens is 234 g/mol. The van der Waals surface area contributed by atoms with E-state index < -0.39 is 0 Å². The monoisotopic (exact) mass is 245 g/mol. The molecule has 4 heteroatoms. The lowest BCUT2D eigenvalue weighted by atomic mass is 10.3. The number of hydrogen-bond acceptors (Lipinski definition) is 3. The zero-order valence-electron chi connectivity index (χ0n) is 7.24. The van der Waals surface area contributed by atoms with Gasteiger partial charge in [0, 0.05) is 13.1 Å². The summed E-state index contributed by atoms with van der Waals surface area (Å²) >= 11 is 3.26. The Morgan fingerprint density at radius 3 is 3.00 bits per heavy atom. The van der Waals surface area contributed by atoms with Gasteiger partial charge in [-0.05, 0) is 34.5 Å². The van der Waals surface area contributed by atoms with E-state index in [-0.39, 0.29) is 6.10 Å². The molecule has 1 aromatic rings. The first-order valence-corrected chi connectivity index (χ1v) is 5.18. The Morgan fingerprint density at radius 1 is 1.62 bits per heavy atom. The predicted octanol–water partition coefficient (Wildman–Crippen LogP) is 1.61. The highest BCUT2D eigenvalue weighted by Gasteiger charge is 2.20. The van der Waals surface area contributed by atoms with Crippen LogP contribution in [0.4, 0.5) is 0 Å². The van der Waals surface area contributed by atoms with Gasteiger partial charge in [0.1, 0.15) is 5.76 Å². The molecular formula is C9H12BrNO2. The maximum absolute atomic E-state index is 9.30. The number of likely N-dealkylation sites (tertiary alicyclic amines) is 1. The third kappa shape index (κ3) is 2.33. The van der Waals surface area contributed by atoms with Crippen LogP contribution in [0.3, 0.4) is 0 Å². The van der Waals surface area contributed by atoms with Gasteiger partial charge in [-0.3, -0.25) is 4.90 Å². The number of aliphatic hydroxyl groups is 1. The minimum absolute atomic E-state index is 0.154. The highest BCUT2D eigenvalue weighted by atomic mass is 79.9. The summed E-state index contributed by atoms with van der Waals surface area (Å²) in [6, 6.07) is 3.84. The van der Waals surface area contributed by atoms with Crippen molar-refractivity contribution in [1.29, 1.82) is 0 Å². The smallest absolute Gasteiger partial charge is 0.169 e. The average Bonchev–Trinajstić information content (AvgIpc) is 2.62. The summed E-state index contributed by atoms with van der Waals surface area (Å²) in [6.07, 6.45) is 0.723. The number of furan rings is 1. The normalized spacial score (nSPS) is 24.0. The van der Waals surface area contributed by atoms with Gasteiger partial charge in [-0.2, -0.15) is 0 Å². The van der Waals surface area contributed by atoms with Crippen LogP contribution >= 0.6 is 15.9 Å². The minimum Gasteiger partial charge on any atom is -0.453 e. The summed E-state index contributed by atoms with van der Waals surface area (Å²) in [5.41, 5.74) is 0.